The van der Waals surface area contributed by atoms with Crippen molar-refractivity contribution in [2.75, 3.05) is 26.2 Å². The molecule has 1 aliphatic heterocycles. The fourth-order valence-corrected chi connectivity index (χ4v) is 2.00. The molecule has 0 bridgehead atoms. The number of hydrogen-bond donors (Lipinski definition) is 1. The molecule has 0 unspecified atom stereocenters. The lowest BCUT2D eigenvalue weighted by Crippen LogP contribution is -2.41. The predicted molar refractivity (Wildman–Crippen MR) is 69.2 cm³/mol. The van der Waals surface area contributed by atoms with Crippen LogP contribution >= 0.6 is 0 Å². The minimum Gasteiger partial charge on any atom is -0.379 e. The first-order valence-electron chi connectivity index (χ1n) is 6.70. The lowest BCUT2D eigenvalue weighted by Gasteiger charge is -2.19. The molecule has 0 spiro atoms. The van der Waals surface area contributed by atoms with E-state index in [4.69, 9.17) is 10.00 Å². The summed E-state index contributed by atoms with van der Waals surface area (Å²) in [5.41, 5.74) is 0. The summed E-state index contributed by atoms with van der Waals surface area (Å²) in [4.78, 5) is 13.1. The smallest absolute Gasteiger partial charge is 0.237 e. The van der Waals surface area contributed by atoms with Crippen LogP contribution in [0.1, 0.15) is 26.7 Å². The van der Waals surface area contributed by atoms with Gasteiger partial charge in [-0.1, -0.05) is 0 Å². The summed E-state index contributed by atoms with van der Waals surface area (Å²) in [6.07, 6.45) is 0.0840. The zero-order chi connectivity index (χ0) is 14.3. The Morgan fingerprint density at radius 3 is 3.00 bits per heavy atom. The number of nitriles is 1. The molecule has 0 radical (unpaired) electrons. The third-order valence-electron chi connectivity index (χ3n) is 2.94. The molecular weight excluding hydrogens is 249 g/mol. The molecule has 1 rings (SSSR count). The third kappa shape index (κ3) is 5.53. The molecule has 1 fully saturated rings. The molecule has 0 aliphatic carbocycles. The highest BCUT2D eigenvalue weighted by Crippen LogP contribution is 2.19. The Hall–Kier alpha value is -1.19. The number of carbonyl (C=O) groups excluding carboxylic acids is 1. The van der Waals surface area contributed by atoms with Crippen molar-refractivity contribution >= 4 is 5.91 Å². The van der Waals surface area contributed by atoms with E-state index < -0.39 is 12.2 Å². The number of likely N-dealkylation sites (tertiary alicyclic amines) is 1. The summed E-state index contributed by atoms with van der Waals surface area (Å²) in [5, 5.41) is 11.8. The van der Waals surface area contributed by atoms with Gasteiger partial charge in [-0.3, -0.25) is 4.79 Å². The summed E-state index contributed by atoms with van der Waals surface area (Å²) in [7, 11) is 0. The van der Waals surface area contributed by atoms with Crippen molar-refractivity contribution in [3.05, 3.63) is 0 Å². The number of amides is 1. The number of carbonyl (C=O) groups is 1. The van der Waals surface area contributed by atoms with Crippen LogP contribution in [0.15, 0.2) is 0 Å². The maximum absolute atomic E-state index is 13.2. The normalized spacial score (nSPS) is 22.8. The number of alkyl halides is 1. The topological polar surface area (TPSA) is 65.4 Å². The van der Waals surface area contributed by atoms with Crippen molar-refractivity contribution in [3.63, 3.8) is 0 Å². The molecule has 0 aromatic rings. The number of rotatable bonds is 7. The van der Waals surface area contributed by atoms with Crippen molar-refractivity contribution in [2.24, 2.45) is 0 Å². The van der Waals surface area contributed by atoms with Crippen LogP contribution < -0.4 is 5.32 Å². The molecule has 1 N–H and O–H groups in total. The fourth-order valence-electron chi connectivity index (χ4n) is 2.00. The second kappa shape index (κ2) is 8.08. The van der Waals surface area contributed by atoms with E-state index >= 15 is 0 Å². The number of hydrogen-bond acceptors (Lipinski definition) is 4. The molecule has 0 aromatic carbocycles. The number of nitrogens with zero attached hydrogens (tertiary/aromatic N) is 2. The second-order valence-corrected chi connectivity index (χ2v) is 4.97. The Kier molecular flexibility index (Phi) is 6.74. The summed E-state index contributed by atoms with van der Waals surface area (Å²) >= 11 is 0. The van der Waals surface area contributed by atoms with E-state index in [1.165, 1.54) is 4.90 Å². The first-order valence-corrected chi connectivity index (χ1v) is 6.70. The van der Waals surface area contributed by atoms with Gasteiger partial charge in [0.2, 0.25) is 5.91 Å². The average molecular weight is 271 g/mol. The van der Waals surface area contributed by atoms with Gasteiger partial charge < -0.3 is 15.0 Å². The van der Waals surface area contributed by atoms with Gasteiger partial charge in [0.15, 0.2) is 0 Å². The first kappa shape index (κ1) is 15.9. The van der Waals surface area contributed by atoms with Gasteiger partial charge in [-0.25, -0.2) is 4.39 Å². The summed E-state index contributed by atoms with van der Waals surface area (Å²) < 4.78 is 18.5. The second-order valence-electron chi connectivity index (χ2n) is 4.97. The monoisotopic (exact) mass is 271 g/mol. The molecule has 1 heterocycles. The number of ether oxygens (including phenoxy) is 1. The van der Waals surface area contributed by atoms with Gasteiger partial charge in [0.1, 0.15) is 12.2 Å². The van der Waals surface area contributed by atoms with E-state index in [-0.39, 0.29) is 31.5 Å². The molecule has 19 heavy (non-hydrogen) atoms. The Morgan fingerprint density at radius 1 is 1.63 bits per heavy atom. The van der Waals surface area contributed by atoms with Crippen molar-refractivity contribution in [1.29, 1.82) is 5.26 Å². The SMILES string of the molecule is CC(C)OCCCNCC(=O)N1C[C@@H](F)C[C@H]1C#N. The van der Waals surface area contributed by atoms with Crippen LogP contribution in [0.3, 0.4) is 0 Å². The van der Waals surface area contributed by atoms with Crippen LogP contribution in [0.2, 0.25) is 0 Å². The zero-order valence-electron chi connectivity index (χ0n) is 11.6. The minimum atomic E-state index is -1.08. The van der Waals surface area contributed by atoms with Crippen molar-refractivity contribution in [2.45, 2.75) is 45.0 Å². The highest BCUT2D eigenvalue weighted by Gasteiger charge is 2.34. The Balaban J connectivity index is 2.16. The first-order chi connectivity index (χ1) is 9.04. The largest absolute Gasteiger partial charge is 0.379 e. The van der Waals surface area contributed by atoms with Crippen LogP contribution in [-0.2, 0) is 9.53 Å². The Bertz CT molecular complexity index is 330. The summed E-state index contributed by atoms with van der Waals surface area (Å²) in [6, 6.07) is 1.35. The van der Waals surface area contributed by atoms with Gasteiger partial charge in [-0.15, -0.1) is 0 Å². The van der Waals surface area contributed by atoms with Crippen molar-refractivity contribution in [3.8, 4) is 6.07 Å². The van der Waals surface area contributed by atoms with Crippen LogP contribution in [-0.4, -0.2) is 55.4 Å². The van der Waals surface area contributed by atoms with Gasteiger partial charge >= 0.3 is 0 Å². The third-order valence-corrected chi connectivity index (χ3v) is 2.94. The van der Waals surface area contributed by atoms with E-state index in [9.17, 15) is 9.18 Å². The van der Waals surface area contributed by atoms with Gasteiger partial charge in [0, 0.05) is 13.0 Å². The van der Waals surface area contributed by atoms with Gasteiger partial charge in [0.25, 0.3) is 0 Å². The molecule has 108 valence electrons. The Morgan fingerprint density at radius 2 is 2.37 bits per heavy atom. The van der Waals surface area contributed by atoms with Gasteiger partial charge in [-0.2, -0.15) is 5.26 Å². The quantitative estimate of drug-likeness (QED) is 0.697. The van der Waals surface area contributed by atoms with E-state index in [1.54, 1.807) is 0 Å². The maximum Gasteiger partial charge on any atom is 0.237 e. The van der Waals surface area contributed by atoms with E-state index in [0.29, 0.717) is 13.2 Å². The highest BCUT2D eigenvalue weighted by molar-refractivity contribution is 5.79. The van der Waals surface area contributed by atoms with Crippen molar-refractivity contribution in [1.82, 2.24) is 10.2 Å². The van der Waals surface area contributed by atoms with Crippen LogP contribution in [0.5, 0.6) is 0 Å². The lowest BCUT2D eigenvalue weighted by atomic mass is 10.2. The number of nitrogens with one attached hydrogen (secondary N) is 1. The predicted octanol–water partition coefficient (Wildman–Crippen LogP) is 0.854. The van der Waals surface area contributed by atoms with Crippen molar-refractivity contribution < 1.29 is 13.9 Å². The maximum atomic E-state index is 13.2. The molecular formula is C13H22FN3O2. The molecule has 1 saturated heterocycles. The van der Waals surface area contributed by atoms with Gasteiger partial charge in [-0.05, 0) is 26.8 Å². The molecule has 0 saturated carbocycles. The molecule has 6 heteroatoms. The molecule has 2 atom stereocenters. The molecule has 1 aliphatic rings. The van der Waals surface area contributed by atoms with Crippen LogP contribution in [0.25, 0.3) is 0 Å². The highest BCUT2D eigenvalue weighted by atomic mass is 19.1. The summed E-state index contributed by atoms with van der Waals surface area (Å²) in [5.74, 6) is -0.212. The van der Waals surface area contributed by atoms with Gasteiger partial charge in [0.05, 0.1) is 25.3 Å². The van der Waals surface area contributed by atoms with Crippen LogP contribution in [0, 0.1) is 11.3 Å². The summed E-state index contributed by atoms with van der Waals surface area (Å²) in [6.45, 7) is 5.44. The average Bonchev–Trinajstić information content (AvgIpc) is 2.74. The van der Waals surface area contributed by atoms with E-state index in [2.05, 4.69) is 5.32 Å². The van der Waals surface area contributed by atoms with E-state index in [1.807, 2.05) is 19.9 Å². The standard InChI is InChI=1S/C13H22FN3O2/c1-10(2)19-5-3-4-16-8-13(18)17-9-11(14)6-12(17)7-15/h10-12,16H,3-6,8-9H2,1-2H3/t11-,12-/m0/s1. The minimum absolute atomic E-state index is 0.0369. The van der Waals surface area contributed by atoms with E-state index in [0.717, 1.165) is 6.42 Å². The Labute approximate surface area is 113 Å². The number of halogens is 1. The zero-order valence-corrected chi connectivity index (χ0v) is 11.6. The molecule has 0 aromatic heterocycles. The fraction of sp³-hybridized carbons (Fsp3) is 0.846. The van der Waals surface area contributed by atoms with Crippen LogP contribution in [0.4, 0.5) is 4.39 Å². The molecule has 5 nitrogen and oxygen atoms in total. The lowest BCUT2D eigenvalue weighted by molar-refractivity contribution is -0.130. The molecule has 1 amide bonds.